The SMILES string of the molecule is O[Si](O)(O)F.[AlH3].[Ba+2].[H-].[H-]. The number of halogens is 1. The van der Waals surface area contributed by atoms with Crippen molar-refractivity contribution < 1.29 is 21.3 Å². The Morgan fingerprint density at radius 3 is 1.29 bits per heavy atom. The molecule has 3 nitrogen and oxygen atoms in total. The molecule has 0 aromatic rings. The molecule has 42 valence electrons. The van der Waals surface area contributed by atoms with Crippen molar-refractivity contribution in [3.63, 3.8) is 0 Å². The zero-order chi connectivity index (χ0) is 4.50. The van der Waals surface area contributed by atoms with E-state index in [2.05, 4.69) is 0 Å². The van der Waals surface area contributed by atoms with Crippen LogP contribution in [0.5, 0.6) is 0 Å². The summed E-state index contributed by atoms with van der Waals surface area (Å²) in [7, 11) is -5.11. The molecule has 0 spiro atoms. The van der Waals surface area contributed by atoms with Gasteiger partial charge in [-0.1, -0.05) is 0 Å². The summed E-state index contributed by atoms with van der Waals surface area (Å²) in [6.07, 6.45) is 0. The number of hydrogen-bond donors (Lipinski definition) is 3. The van der Waals surface area contributed by atoms with E-state index < -0.39 is 9.14 Å². The van der Waals surface area contributed by atoms with Gasteiger partial charge in [0, 0.05) is 0 Å². The van der Waals surface area contributed by atoms with E-state index in [1.54, 1.807) is 0 Å². The fraction of sp³-hybridized carbons (Fsp3) is 0. The standard InChI is InChI=1S/Al.Ba.FH3O3Si.5H/c;;1-5(2,3)4;;;;;/h;;2-4H;;;;;/q;+2;;;;;2*-1. The molecule has 0 rings (SSSR count). The van der Waals surface area contributed by atoms with Crippen molar-refractivity contribution in [3.8, 4) is 0 Å². The maximum Gasteiger partial charge on any atom is 2.00 e. The normalized spacial score (nSPS) is 8.57. The van der Waals surface area contributed by atoms with E-state index in [1.165, 1.54) is 0 Å². The Kier molecular flexibility index (Phi) is 14.3. The molecular formula is H8AlBaFO3Si. The van der Waals surface area contributed by atoms with Gasteiger partial charge in [0.25, 0.3) is 0 Å². The Morgan fingerprint density at radius 1 is 1.29 bits per heavy atom. The van der Waals surface area contributed by atoms with Gasteiger partial charge in [-0.05, 0) is 0 Å². The van der Waals surface area contributed by atoms with Crippen molar-refractivity contribution >= 4 is 75.4 Å². The number of rotatable bonds is 0. The van der Waals surface area contributed by atoms with E-state index in [0.717, 1.165) is 0 Å². The Bertz CT molecular complexity index is 37.3. The summed E-state index contributed by atoms with van der Waals surface area (Å²) in [6.45, 7) is 0. The second kappa shape index (κ2) is 6.25. The van der Waals surface area contributed by atoms with Crippen LogP contribution < -0.4 is 0 Å². The predicted molar refractivity (Wildman–Crippen MR) is 31.4 cm³/mol. The second-order valence-corrected chi connectivity index (χ2v) is 1.66. The first kappa shape index (κ1) is 16.1. The van der Waals surface area contributed by atoms with Gasteiger partial charge in [0.1, 0.15) is 0 Å². The quantitative estimate of drug-likeness (QED) is 0.324. The fourth-order valence-electron chi connectivity index (χ4n) is 0. The fourth-order valence-corrected chi connectivity index (χ4v) is 0. The topological polar surface area (TPSA) is 60.7 Å². The molecule has 0 aromatic heterocycles. The minimum atomic E-state index is -5.11. The minimum Gasteiger partial charge on any atom is -1.00 e. The summed E-state index contributed by atoms with van der Waals surface area (Å²) in [5.41, 5.74) is 0. The van der Waals surface area contributed by atoms with Crippen LogP contribution in [0.15, 0.2) is 0 Å². The molecule has 7 heavy (non-hydrogen) atoms. The van der Waals surface area contributed by atoms with Crippen molar-refractivity contribution in [3.05, 3.63) is 0 Å². The van der Waals surface area contributed by atoms with E-state index in [4.69, 9.17) is 14.4 Å². The van der Waals surface area contributed by atoms with Gasteiger partial charge in [-0.3, -0.25) is 0 Å². The van der Waals surface area contributed by atoms with E-state index >= 15 is 0 Å². The molecule has 0 aromatic carbocycles. The Morgan fingerprint density at radius 2 is 1.29 bits per heavy atom. The van der Waals surface area contributed by atoms with Crippen molar-refractivity contribution in [1.82, 2.24) is 0 Å². The third-order valence-corrected chi connectivity index (χ3v) is 0. The smallest absolute Gasteiger partial charge is 1.00 e. The van der Waals surface area contributed by atoms with Crippen LogP contribution in [-0.2, 0) is 0 Å². The average Bonchev–Trinajstić information content (AvgIpc) is 0.722. The first-order valence-electron chi connectivity index (χ1n) is 0.860. The van der Waals surface area contributed by atoms with Crippen LogP contribution >= 0.6 is 0 Å². The van der Waals surface area contributed by atoms with Crippen molar-refractivity contribution in [2.45, 2.75) is 0 Å². The minimum absolute atomic E-state index is 0. The summed E-state index contributed by atoms with van der Waals surface area (Å²) >= 11 is 0. The van der Waals surface area contributed by atoms with Gasteiger partial charge in [-0.2, -0.15) is 0 Å². The maximum atomic E-state index is 10.5. The second-order valence-electron chi connectivity index (χ2n) is 0.554. The molecule has 0 saturated heterocycles. The van der Waals surface area contributed by atoms with Gasteiger partial charge in [-0.25, -0.2) is 4.11 Å². The van der Waals surface area contributed by atoms with Crippen LogP contribution in [0.4, 0.5) is 4.11 Å². The Hall–Kier alpha value is 2.13. The van der Waals surface area contributed by atoms with Gasteiger partial charge in [0.05, 0.1) is 0 Å². The summed E-state index contributed by atoms with van der Waals surface area (Å²) in [5.74, 6) is 0. The molecular weight excluding hydrogens is 259 g/mol. The van der Waals surface area contributed by atoms with Crippen LogP contribution in [0.1, 0.15) is 2.85 Å². The number of hydrogen-bond acceptors (Lipinski definition) is 3. The third kappa shape index (κ3) is 67.3. The molecule has 0 unspecified atom stereocenters. The van der Waals surface area contributed by atoms with Crippen LogP contribution in [0.3, 0.4) is 0 Å². The van der Waals surface area contributed by atoms with E-state index in [0.29, 0.717) is 0 Å². The molecule has 0 aliphatic heterocycles. The largest absolute Gasteiger partial charge is 2.00 e. The zero-order valence-electron chi connectivity index (χ0n) is 4.93. The summed E-state index contributed by atoms with van der Waals surface area (Å²) in [6, 6.07) is 0. The molecule has 0 atom stereocenters. The zero-order valence-corrected chi connectivity index (χ0v) is 8.37. The summed E-state index contributed by atoms with van der Waals surface area (Å²) < 4.78 is 10.5. The van der Waals surface area contributed by atoms with Gasteiger partial charge < -0.3 is 17.2 Å². The van der Waals surface area contributed by atoms with E-state index in [1.807, 2.05) is 0 Å². The van der Waals surface area contributed by atoms with Gasteiger partial charge in [-0.15, -0.1) is 0 Å². The molecule has 0 saturated carbocycles. The van der Waals surface area contributed by atoms with Crippen LogP contribution in [0.25, 0.3) is 0 Å². The third-order valence-electron chi connectivity index (χ3n) is 0. The first-order valence-corrected chi connectivity index (χ1v) is 2.58. The molecule has 7 heteroatoms. The Balaban J connectivity index is -0.0000000133. The monoisotopic (exact) mass is 268 g/mol. The van der Waals surface area contributed by atoms with Crippen LogP contribution in [0, 0.1) is 0 Å². The average molecular weight is 267 g/mol. The van der Waals surface area contributed by atoms with Crippen LogP contribution in [-0.4, -0.2) is 89.8 Å². The van der Waals surface area contributed by atoms with Gasteiger partial charge in [0.15, 0.2) is 17.4 Å². The molecule has 3 N–H and O–H groups in total. The van der Waals surface area contributed by atoms with Crippen molar-refractivity contribution in [2.24, 2.45) is 0 Å². The van der Waals surface area contributed by atoms with Gasteiger partial charge >= 0.3 is 58.0 Å². The summed E-state index contributed by atoms with van der Waals surface area (Å²) in [5, 5.41) is 0. The maximum absolute atomic E-state index is 10.5. The van der Waals surface area contributed by atoms with Crippen LogP contribution in [0.2, 0.25) is 0 Å². The van der Waals surface area contributed by atoms with E-state index in [9.17, 15) is 4.11 Å². The van der Waals surface area contributed by atoms with Crippen molar-refractivity contribution in [2.75, 3.05) is 0 Å². The molecule has 0 heterocycles. The predicted octanol–water partition coefficient (Wildman–Crippen LogP) is -2.97. The Labute approximate surface area is 95.3 Å². The summed E-state index contributed by atoms with van der Waals surface area (Å²) in [4.78, 5) is 21.3. The molecule has 0 bridgehead atoms. The molecule has 0 amide bonds. The molecule has 0 radical (unpaired) electrons. The van der Waals surface area contributed by atoms with E-state index in [-0.39, 0.29) is 69.1 Å². The molecule has 0 aliphatic carbocycles. The molecule has 0 aliphatic rings. The molecule has 0 fully saturated rings. The van der Waals surface area contributed by atoms with Crippen molar-refractivity contribution in [1.29, 1.82) is 0 Å². The van der Waals surface area contributed by atoms with Gasteiger partial charge in [0.2, 0.25) is 0 Å². The first-order chi connectivity index (χ1) is 2.00.